The average Bonchev–Trinajstić information content (AvgIpc) is 3.10. The van der Waals surface area contributed by atoms with E-state index in [1.807, 2.05) is 37.3 Å². The van der Waals surface area contributed by atoms with Crippen molar-refractivity contribution in [1.29, 1.82) is 0 Å². The minimum atomic E-state index is -1.28. The first-order valence-electron chi connectivity index (χ1n) is 8.35. The molecule has 1 amide bonds. The van der Waals surface area contributed by atoms with Crippen LogP contribution in [-0.2, 0) is 16.1 Å². The lowest BCUT2D eigenvalue weighted by Gasteiger charge is -2.32. The minimum Gasteiger partial charge on any atom is -0.445 e. The fourth-order valence-corrected chi connectivity index (χ4v) is 3.65. The van der Waals surface area contributed by atoms with Crippen LogP contribution in [0.2, 0.25) is 0 Å². The Hall–Kier alpha value is -1.14. The van der Waals surface area contributed by atoms with Crippen LogP contribution in [-0.4, -0.2) is 41.4 Å². The summed E-state index contributed by atoms with van der Waals surface area (Å²) in [6.45, 7) is 3.82. The lowest BCUT2D eigenvalue weighted by molar-refractivity contribution is -0.0165. The van der Waals surface area contributed by atoms with Gasteiger partial charge in [0.25, 0.3) is 0 Å². The highest BCUT2D eigenvalue weighted by Gasteiger charge is 2.64. The molecule has 4 nitrogen and oxygen atoms in total. The molecule has 0 spiro atoms. The molecule has 2 atom stereocenters. The number of ether oxygens (including phenoxy) is 2. The first kappa shape index (κ1) is 17.7. The van der Waals surface area contributed by atoms with E-state index in [1.165, 1.54) is 0 Å². The van der Waals surface area contributed by atoms with Gasteiger partial charge in [0.1, 0.15) is 6.61 Å². The molecule has 24 heavy (non-hydrogen) atoms. The summed E-state index contributed by atoms with van der Waals surface area (Å²) in [4.78, 5) is 13.8. The van der Waals surface area contributed by atoms with Crippen molar-refractivity contribution in [2.75, 3.05) is 19.7 Å². The van der Waals surface area contributed by atoms with Crippen LogP contribution in [0.1, 0.15) is 31.7 Å². The van der Waals surface area contributed by atoms with E-state index in [0.717, 1.165) is 18.4 Å². The lowest BCUT2D eigenvalue weighted by Crippen LogP contribution is -2.41. The van der Waals surface area contributed by atoms with E-state index >= 15 is 0 Å². The average molecular weight is 400 g/mol. The van der Waals surface area contributed by atoms with Gasteiger partial charge in [-0.2, -0.15) is 0 Å². The maximum absolute atomic E-state index is 13.8. The smallest absolute Gasteiger partial charge is 0.410 e. The van der Waals surface area contributed by atoms with Crippen molar-refractivity contribution in [1.82, 2.24) is 4.90 Å². The highest BCUT2D eigenvalue weighted by Crippen LogP contribution is 2.63. The standard InChI is InChI=1S/C18H23BrFNO3/c1-17(12-18(17,19)20)13-24-15-7-9-21(10-8-15)16(22)23-11-14-5-3-2-4-6-14/h2-6,15H,7-13H2,1H3. The van der Waals surface area contributed by atoms with Gasteiger partial charge >= 0.3 is 6.09 Å². The predicted octanol–water partition coefficient (Wildman–Crippen LogP) is 4.27. The van der Waals surface area contributed by atoms with E-state index in [0.29, 0.717) is 26.1 Å². The molecule has 6 heteroatoms. The van der Waals surface area contributed by atoms with Crippen LogP contribution in [0.4, 0.5) is 9.18 Å². The molecule has 1 saturated carbocycles. The Balaban J connectivity index is 1.36. The van der Waals surface area contributed by atoms with E-state index in [1.54, 1.807) is 4.90 Å². The van der Waals surface area contributed by atoms with Gasteiger partial charge < -0.3 is 14.4 Å². The molecule has 1 heterocycles. The SMILES string of the molecule is CC1(COC2CCN(C(=O)OCc3ccccc3)CC2)CC1(F)Br. The summed E-state index contributed by atoms with van der Waals surface area (Å²) in [6.07, 6.45) is 1.82. The lowest BCUT2D eigenvalue weighted by atomic mass is 10.1. The molecule has 1 aromatic rings. The number of rotatable bonds is 5. The van der Waals surface area contributed by atoms with Crippen molar-refractivity contribution >= 4 is 22.0 Å². The summed E-state index contributed by atoms with van der Waals surface area (Å²) in [7, 11) is 0. The molecular formula is C18H23BrFNO3. The van der Waals surface area contributed by atoms with Gasteiger partial charge in [0.2, 0.25) is 0 Å². The number of carbonyl (C=O) groups is 1. The molecule has 132 valence electrons. The zero-order valence-electron chi connectivity index (χ0n) is 13.8. The molecule has 3 rings (SSSR count). The van der Waals surface area contributed by atoms with Gasteiger partial charge in [-0.3, -0.25) is 0 Å². The second kappa shape index (κ2) is 7.00. The van der Waals surface area contributed by atoms with Crippen molar-refractivity contribution in [2.24, 2.45) is 5.41 Å². The summed E-state index contributed by atoms with van der Waals surface area (Å²) in [5, 5.41) is 0. The van der Waals surface area contributed by atoms with Crippen LogP contribution in [0.3, 0.4) is 0 Å². The summed E-state index contributed by atoms with van der Waals surface area (Å²) in [5.41, 5.74) is 0.560. The van der Waals surface area contributed by atoms with Gasteiger partial charge in [0.15, 0.2) is 4.58 Å². The molecule has 1 aromatic carbocycles. The summed E-state index contributed by atoms with van der Waals surface area (Å²) in [5.74, 6) is 0. The van der Waals surface area contributed by atoms with Crippen molar-refractivity contribution in [2.45, 2.75) is 43.5 Å². The van der Waals surface area contributed by atoms with Crippen LogP contribution in [0.5, 0.6) is 0 Å². The fraction of sp³-hybridized carbons (Fsp3) is 0.611. The number of benzene rings is 1. The molecule has 2 unspecified atom stereocenters. The third-order valence-corrected chi connectivity index (χ3v) is 6.15. The quantitative estimate of drug-likeness (QED) is 0.693. The Kier molecular flexibility index (Phi) is 5.16. The topological polar surface area (TPSA) is 38.8 Å². The zero-order valence-corrected chi connectivity index (χ0v) is 15.4. The number of piperidine rings is 1. The Morgan fingerprint density at radius 1 is 1.33 bits per heavy atom. The van der Waals surface area contributed by atoms with Gasteiger partial charge in [0, 0.05) is 24.9 Å². The summed E-state index contributed by atoms with van der Waals surface area (Å²) >= 11 is 3.08. The Bertz CT molecular complexity index is 575. The van der Waals surface area contributed by atoms with E-state index in [2.05, 4.69) is 15.9 Å². The third-order valence-electron chi connectivity index (χ3n) is 4.91. The number of hydrogen-bond donors (Lipinski definition) is 0. The second-order valence-corrected chi connectivity index (χ2v) is 8.24. The zero-order chi connectivity index (χ0) is 17.2. The van der Waals surface area contributed by atoms with Crippen LogP contribution < -0.4 is 0 Å². The monoisotopic (exact) mass is 399 g/mol. The van der Waals surface area contributed by atoms with Gasteiger partial charge in [-0.25, -0.2) is 9.18 Å². The van der Waals surface area contributed by atoms with Crippen LogP contribution in [0.25, 0.3) is 0 Å². The highest BCUT2D eigenvalue weighted by molar-refractivity contribution is 9.10. The number of halogens is 2. The number of likely N-dealkylation sites (tertiary alicyclic amines) is 1. The van der Waals surface area contributed by atoms with Gasteiger partial charge in [-0.15, -0.1) is 0 Å². The van der Waals surface area contributed by atoms with Crippen LogP contribution >= 0.6 is 15.9 Å². The molecule has 2 fully saturated rings. The number of amides is 1. The predicted molar refractivity (Wildman–Crippen MR) is 92.7 cm³/mol. The molecule has 0 aromatic heterocycles. The normalized spacial score (nSPS) is 30.2. The summed E-state index contributed by atoms with van der Waals surface area (Å²) in [6, 6.07) is 9.64. The minimum absolute atomic E-state index is 0.0869. The molecule has 2 aliphatic rings. The molecule has 1 aliphatic carbocycles. The van der Waals surface area contributed by atoms with E-state index in [4.69, 9.17) is 9.47 Å². The first-order chi connectivity index (χ1) is 11.4. The van der Waals surface area contributed by atoms with Gasteiger partial charge in [-0.05, 0) is 34.3 Å². The van der Waals surface area contributed by atoms with Crippen molar-refractivity contribution in [3.05, 3.63) is 35.9 Å². The van der Waals surface area contributed by atoms with Gasteiger partial charge in [-0.1, -0.05) is 37.3 Å². The molecular weight excluding hydrogens is 377 g/mol. The molecule has 0 bridgehead atoms. The largest absolute Gasteiger partial charge is 0.445 e. The maximum atomic E-state index is 13.8. The second-order valence-electron chi connectivity index (χ2n) is 6.98. The van der Waals surface area contributed by atoms with Crippen molar-refractivity contribution in [3.8, 4) is 0 Å². The number of carbonyl (C=O) groups excluding carboxylic acids is 1. The van der Waals surface area contributed by atoms with E-state index in [9.17, 15) is 9.18 Å². The van der Waals surface area contributed by atoms with E-state index < -0.39 is 9.99 Å². The third kappa shape index (κ3) is 4.09. The van der Waals surface area contributed by atoms with Crippen LogP contribution in [0, 0.1) is 5.41 Å². The maximum Gasteiger partial charge on any atom is 0.410 e. The van der Waals surface area contributed by atoms with Gasteiger partial charge in [0.05, 0.1) is 12.7 Å². The Morgan fingerprint density at radius 3 is 2.54 bits per heavy atom. The fourth-order valence-electron chi connectivity index (χ4n) is 2.92. The summed E-state index contributed by atoms with van der Waals surface area (Å²) < 4.78 is 23.7. The first-order valence-corrected chi connectivity index (χ1v) is 9.14. The molecule has 0 radical (unpaired) electrons. The number of nitrogens with zero attached hydrogens (tertiary/aromatic N) is 1. The van der Waals surface area contributed by atoms with Crippen LogP contribution in [0.15, 0.2) is 30.3 Å². The number of hydrogen-bond acceptors (Lipinski definition) is 3. The Morgan fingerprint density at radius 2 is 1.96 bits per heavy atom. The molecule has 1 aliphatic heterocycles. The number of alkyl halides is 2. The van der Waals surface area contributed by atoms with Crippen molar-refractivity contribution in [3.63, 3.8) is 0 Å². The highest BCUT2D eigenvalue weighted by atomic mass is 79.9. The van der Waals surface area contributed by atoms with E-state index in [-0.39, 0.29) is 18.8 Å². The van der Waals surface area contributed by atoms with Crippen molar-refractivity contribution < 1.29 is 18.7 Å². The molecule has 0 N–H and O–H groups in total. The molecule has 1 saturated heterocycles. The Labute approximate surface area is 150 Å².